The lowest BCUT2D eigenvalue weighted by atomic mass is 10.0. The molecular formula is C17H14N4. The summed E-state index contributed by atoms with van der Waals surface area (Å²) in [6, 6.07) is 10.2. The third-order valence-corrected chi connectivity index (χ3v) is 4.14. The van der Waals surface area contributed by atoms with Crippen LogP contribution in [0.5, 0.6) is 0 Å². The number of nitrogens with zero attached hydrogens (tertiary/aromatic N) is 4. The molecule has 0 amide bonds. The Labute approximate surface area is 122 Å². The van der Waals surface area contributed by atoms with E-state index < -0.39 is 0 Å². The SMILES string of the molecule is N#Cc1cnc2ccccc2c1-n1cnc2c1CCCC2. The number of benzene rings is 1. The number of imidazole rings is 1. The maximum absolute atomic E-state index is 9.46. The molecule has 102 valence electrons. The Morgan fingerprint density at radius 3 is 2.86 bits per heavy atom. The van der Waals surface area contributed by atoms with Gasteiger partial charge in [0.05, 0.1) is 28.8 Å². The van der Waals surface area contributed by atoms with E-state index in [0.717, 1.165) is 29.4 Å². The molecule has 0 N–H and O–H groups in total. The maximum atomic E-state index is 9.46. The molecule has 0 unspecified atom stereocenters. The highest BCUT2D eigenvalue weighted by atomic mass is 15.1. The summed E-state index contributed by atoms with van der Waals surface area (Å²) in [5.74, 6) is 0. The number of hydrogen-bond acceptors (Lipinski definition) is 3. The molecule has 0 aliphatic heterocycles. The summed E-state index contributed by atoms with van der Waals surface area (Å²) in [5.41, 5.74) is 4.84. The zero-order valence-corrected chi connectivity index (χ0v) is 11.6. The van der Waals surface area contributed by atoms with Crippen molar-refractivity contribution in [1.82, 2.24) is 14.5 Å². The number of hydrogen-bond donors (Lipinski definition) is 0. The van der Waals surface area contributed by atoms with Crippen LogP contribution >= 0.6 is 0 Å². The minimum Gasteiger partial charge on any atom is -0.301 e. The van der Waals surface area contributed by atoms with Crippen molar-refractivity contribution in [2.75, 3.05) is 0 Å². The molecule has 1 aromatic carbocycles. The second-order valence-electron chi connectivity index (χ2n) is 5.36. The van der Waals surface area contributed by atoms with E-state index in [4.69, 9.17) is 0 Å². The predicted molar refractivity (Wildman–Crippen MR) is 80.2 cm³/mol. The molecule has 0 radical (unpaired) electrons. The van der Waals surface area contributed by atoms with Crippen molar-refractivity contribution in [2.24, 2.45) is 0 Å². The van der Waals surface area contributed by atoms with Crippen molar-refractivity contribution in [3.05, 3.63) is 53.7 Å². The summed E-state index contributed by atoms with van der Waals surface area (Å²) < 4.78 is 2.09. The summed E-state index contributed by atoms with van der Waals surface area (Å²) in [6.45, 7) is 0. The fraction of sp³-hybridized carbons (Fsp3) is 0.235. The molecule has 21 heavy (non-hydrogen) atoms. The Morgan fingerprint density at radius 2 is 1.95 bits per heavy atom. The normalized spacial score (nSPS) is 13.9. The standard InChI is InChI=1S/C17H14N4/c18-9-12-10-19-14-6-2-1-5-13(14)17(12)21-11-20-15-7-3-4-8-16(15)21/h1-2,5-6,10-11H,3-4,7-8H2. The van der Waals surface area contributed by atoms with Gasteiger partial charge in [0.25, 0.3) is 0 Å². The van der Waals surface area contributed by atoms with Crippen LogP contribution in [0.2, 0.25) is 0 Å². The number of pyridine rings is 1. The molecule has 0 atom stereocenters. The highest BCUT2D eigenvalue weighted by molar-refractivity contribution is 5.89. The second-order valence-corrected chi connectivity index (χ2v) is 5.36. The molecule has 4 rings (SSSR count). The highest BCUT2D eigenvalue weighted by Gasteiger charge is 2.19. The van der Waals surface area contributed by atoms with Crippen LogP contribution < -0.4 is 0 Å². The Hall–Kier alpha value is -2.67. The number of aromatic nitrogens is 3. The monoisotopic (exact) mass is 274 g/mol. The van der Waals surface area contributed by atoms with Crippen LogP contribution in [0.4, 0.5) is 0 Å². The Bertz CT molecular complexity index is 870. The van der Waals surface area contributed by atoms with Crippen LogP contribution in [0.1, 0.15) is 29.8 Å². The van der Waals surface area contributed by atoms with Crippen molar-refractivity contribution in [1.29, 1.82) is 5.26 Å². The van der Waals surface area contributed by atoms with Crippen LogP contribution in [-0.4, -0.2) is 14.5 Å². The van der Waals surface area contributed by atoms with Crippen molar-refractivity contribution >= 4 is 10.9 Å². The summed E-state index contributed by atoms with van der Waals surface area (Å²) in [4.78, 5) is 8.93. The molecule has 0 bridgehead atoms. The van der Waals surface area contributed by atoms with Gasteiger partial charge in [-0.3, -0.25) is 4.98 Å². The predicted octanol–water partition coefficient (Wildman–Crippen LogP) is 3.17. The molecule has 4 nitrogen and oxygen atoms in total. The molecule has 3 aromatic rings. The van der Waals surface area contributed by atoms with Gasteiger partial charge in [-0.2, -0.15) is 5.26 Å². The molecular weight excluding hydrogens is 260 g/mol. The first-order valence-electron chi connectivity index (χ1n) is 7.22. The number of fused-ring (bicyclic) bond motifs is 2. The van der Waals surface area contributed by atoms with E-state index in [-0.39, 0.29) is 0 Å². The summed E-state index contributed by atoms with van der Waals surface area (Å²) >= 11 is 0. The second kappa shape index (κ2) is 4.71. The smallest absolute Gasteiger partial charge is 0.103 e. The van der Waals surface area contributed by atoms with Gasteiger partial charge in [-0.05, 0) is 31.7 Å². The van der Waals surface area contributed by atoms with E-state index in [1.165, 1.54) is 24.2 Å². The first kappa shape index (κ1) is 12.1. The number of para-hydroxylation sites is 1. The van der Waals surface area contributed by atoms with Crippen LogP contribution in [0.25, 0.3) is 16.6 Å². The minimum atomic E-state index is 0.597. The lowest BCUT2D eigenvalue weighted by molar-refractivity contribution is 0.656. The van der Waals surface area contributed by atoms with Crippen molar-refractivity contribution < 1.29 is 0 Å². The average Bonchev–Trinajstić information content (AvgIpc) is 2.97. The largest absolute Gasteiger partial charge is 0.301 e. The minimum absolute atomic E-state index is 0.597. The lowest BCUT2D eigenvalue weighted by Gasteiger charge is -2.16. The van der Waals surface area contributed by atoms with Gasteiger partial charge in [0, 0.05) is 17.3 Å². The number of nitriles is 1. The maximum Gasteiger partial charge on any atom is 0.103 e. The van der Waals surface area contributed by atoms with E-state index in [9.17, 15) is 5.26 Å². The molecule has 2 heterocycles. The van der Waals surface area contributed by atoms with E-state index in [1.54, 1.807) is 6.20 Å². The fourth-order valence-electron chi connectivity index (χ4n) is 3.13. The zero-order chi connectivity index (χ0) is 14.2. The molecule has 0 saturated carbocycles. The summed E-state index contributed by atoms with van der Waals surface area (Å²) in [7, 11) is 0. The van der Waals surface area contributed by atoms with Gasteiger partial charge in [-0.25, -0.2) is 4.98 Å². The molecule has 4 heteroatoms. The zero-order valence-electron chi connectivity index (χ0n) is 11.6. The molecule has 2 aromatic heterocycles. The van der Waals surface area contributed by atoms with Crippen molar-refractivity contribution in [3.63, 3.8) is 0 Å². The average molecular weight is 274 g/mol. The van der Waals surface area contributed by atoms with E-state index >= 15 is 0 Å². The van der Waals surface area contributed by atoms with Gasteiger partial charge in [-0.1, -0.05) is 18.2 Å². The van der Waals surface area contributed by atoms with Crippen molar-refractivity contribution in [3.8, 4) is 11.8 Å². The Morgan fingerprint density at radius 1 is 1.10 bits per heavy atom. The molecule has 0 saturated heterocycles. The number of aryl methyl sites for hydroxylation is 1. The van der Waals surface area contributed by atoms with Crippen LogP contribution in [0, 0.1) is 11.3 Å². The number of rotatable bonds is 1. The first-order chi connectivity index (χ1) is 10.4. The van der Waals surface area contributed by atoms with Gasteiger partial charge in [0.1, 0.15) is 6.07 Å². The van der Waals surface area contributed by atoms with Crippen LogP contribution in [0.15, 0.2) is 36.8 Å². The van der Waals surface area contributed by atoms with E-state index in [1.807, 2.05) is 30.6 Å². The molecule has 1 aliphatic rings. The molecule has 0 fully saturated rings. The van der Waals surface area contributed by atoms with E-state index in [2.05, 4.69) is 20.6 Å². The summed E-state index contributed by atoms with van der Waals surface area (Å²) in [5, 5.41) is 10.5. The van der Waals surface area contributed by atoms with E-state index in [0.29, 0.717) is 5.56 Å². The van der Waals surface area contributed by atoms with Crippen LogP contribution in [0.3, 0.4) is 0 Å². The molecule has 1 aliphatic carbocycles. The van der Waals surface area contributed by atoms with Crippen LogP contribution in [-0.2, 0) is 12.8 Å². The summed E-state index contributed by atoms with van der Waals surface area (Å²) in [6.07, 6.45) is 7.96. The lowest BCUT2D eigenvalue weighted by Crippen LogP contribution is -2.08. The Kier molecular flexibility index (Phi) is 2.71. The third kappa shape index (κ3) is 1.82. The Balaban J connectivity index is 2.06. The van der Waals surface area contributed by atoms with Gasteiger partial charge in [-0.15, -0.1) is 0 Å². The van der Waals surface area contributed by atoms with Gasteiger partial charge in [0.2, 0.25) is 0 Å². The quantitative estimate of drug-likeness (QED) is 0.685. The molecule has 0 spiro atoms. The first-order valence-corrected chi connectivity index (χ1v) is 7.22. The topological polar surface area (TPSA) is 54.5 Å². The third-order valence-electron chi connectivity index (χ3n) is 4.14. The van der Waals surface area contributed by atoms with Crippen molar-refractivity contribution in [2.45, 2.75) is 25.7 Å². The highest BCUT2D eigenvalue weighted by Crippen LogP contribution is 2.29. The van der Waals surface area contributed by atoms with Gasteiger partial charge >= 0.3 is 0 Å². The fourth-order valence-corrected chi connectivity index (χ4v) is 3.13. The van der Waals surface area contributed by atoms with Gasteiger partial charge < -0.3 is 4.57 Å². The van der Waals surface area contributed by atoms with Gasteiger partial charge in [0.15, 0.2) is 0 Å².